The number of carbonyl (C=O) groups is 2. The van der Waals surface area contributed by atoms with Crippen LogP contribution in [0.15, 0.2) is 67.8 Å². The van der Waals surface area contributed by atoms with Gasteiger partial charge in [0.25, 0.3) is 0 Å². The van der Waals surface area contributed by atoms with Gasteiger partial charge in [-0.1, -0.05) is 24.3 Å². The standard InChI is InChI=1S/C36H42O4S3/c1-6-25-14-28(31(15-25)20-39-24(5)37)11-10-26-16-27(7-2)30(17-26)21-40-35(38)19-29-18-34(32-12-8-22(3)41-32)43-36(29)33-13-9-23(4)42-33/h6-13,18,25-28,30-31H,1-2,14-17,19-21H2,3-5H3/b11-10+. The summed E-state index contributed by atoms with van der Waals surface area (Å²) in [5.41, 5.74) is 1.04. The van der Waals surface area contributed by atoms with Crippen LogP contribution in [0.1, 0.15) is 47.9 Å². The summed E-state index contributed by atoms with van der Waals surface area (Å²) in [6.45, 7) is 14.7. The van der Waals surface area contributed by atoms with Crippen molar-refractivity contribution in [2.75, 3.05) is 13.2 Å². The van der Waals surface area contributed by atoms with Crippen LogP contribution in [0.3, 0.4) is 0 Å². The molecule has 3 aromatic rings. The van der Waals surface area contributed by atoms with E-state index >= 15 is 0 Å². The first kappa shape index (κ1) is 31.7. The fourth-order valence-corrected chi connectivity index (χ4v) is 9.75. The van der Waals surface area contributed by atoms with Gasteiger partial charge in [-0.15, -0.1) is 47.2 Å². The van der Waals surface area contributed by atoms with Gasteiger partial charge in [0.05, 0.1) is 19.6 Å². The molecule has 3 aromatic heterocycles. The first-order chi connectivity index (χ1) is 20.7. The minimum atomic E-state index is -0.221. The van der Waals surface area contributed by atoms with Crippen molar-refractivity contribution in [2.24, 2.45) is 35.5 Å². The molecular formula is C36H42O4S3. The van der Waals surface area contributed by atoms with Gasteiger partial charge < -0.3 is 9.47 Å². The van der Waals surface area contributed by atoms with Crippen molar-refractivity contribution >= 4 is 45.9 Å². The average molecular weight is 635 g/mol. The smallest absolute Gasteiger partial charge is 0.310 e. The first-order valence-corrected chi connectivity index (χ1v) is 17.7. The van der Waals surface area contributed by atoms with E-state index in [0.717, 1.165) is 31.2 Å². The van der Waals surface area contributed by atoms with Crippen LogP contribution in [-0.2, 0) is 25.5 Å². The Balaban J connectivity index is 1.20. The molecule has 5 rings (SSSR count). The van der Waals surface area contributed by atoms with Gasteiger partial charge >= 0.3 is 11.9 Å². The maximum Gasteiger partial charge on any atom is 0.310 e. The van der Waals surface area contributed by atoms with Gasteiger partial charge in [0.15, 0.2) is 0 Å². The molecule has 228 valence electrons. The predicted molar refractivity (Wildman–Crippen MR) is 181 cm³/mol. The quantitative estimate of drug-likeness (QED) is 0.147. The molecule has 7 heteroatoms. The number of hydrogen-bond acceptors (Lipinski definition) is 7. The van der Waals surface area contributed by atoms with E-state index in [1.807, 2.05) is 12.2 Å². The molecule has 0 aliphatic heterocycles. The molecule has 2 fully saturated rings. The second kappa shape index (κ2) is 14.4. The van der Waals surface area contributed by atoms with Crippen LogP contribution >= 0.6 is 34.0 Å². The first-order valence-electron chi connectivity index (χ1n) is 15.2. The Morgan fingerprint density at radius 2 is 1.44 bits per heavy atom. The lowest BCUT2D eigenvalue weighted by Crippen LogP contribution is -2.18. The maximum absolute atomic E-state index is 13.2. The highest BCUT2D eigenvalue weighted by Gasteiger charge is 2.35. The molecule has 43 heavy (non-hydrogen) atoms. The van der Waals surface area contributed by atoms with E-state index in [0.29, 0.717) is 42.8 Å². The molecule has 6 unspecified atom stereocenters. The monoisotopic (exact) mass is 634 g/mol. The highest BCUT2D eigenvalue weighted by atomic mass is 32.1. The van der Waals surface area contributed by atoms with Gasteiger partial charge in [-0.05, 0) is 111 Å². The molecule has 0 spiro atoms. The molecule has 0 N–H and O–H groups in total. The molecule has 2 saturated carbocycles. The Morgan fingerprint density at radius 3 is 2.09 bits per heavy atom. The number of hydrogen-bond donors (Lipinski definition) is 0. The fourth-order valence-electron chi connectivity index (χ4n) is 6.61. The molecule has 3 heterocycles. The van der Waals surface area contributed by atoms with Gasteiger partial charge in [0, 0.05) is 36.2 Å². The summed E-state index contributed by atoms with van der Waals surface area (Å²) in [4.78, 5) is 31.9. The summed E-state index contributed by atoms with van der Waals surface area (Å²) in [6, 6.07) is 10.8. The normalized spacial score (nSPS) is 25.3. The van der Waals surface area contributed by atoms with Crippen molar-refractivity contribution in [3.8, 4) is 19.5 Å². The van der Waals surface area contributed by atoms with Crippen LogP contribution < -0.4 is 0 Å². The van der Waals surface area contributed by atoms with E-state index in [2.05, 4.69) is 69.5 Å². The fraction of sp³-hybridized carbons (Fsp3) is 0.444. The molecule has 6 atom stereocenters. The van der Waals surface area contributed by atoms with E-state index in [9.17, 15) is 9.59 Å². The number of allylic oxidation sites excluding steroid dienone is 4. The van der Waals surface area contributed by atoms with E-state index in [1.165, 1.54) is 36.2 Å². The lowest BCUT2D eigenvalue weighted by Gasteiger charge is -2.16. The lowest BCUT2D eigenvalue weighted by molar-refractivity contribution is -0.144. The molecule has 2 aliphatic rings. The van der Waals surface area contributed by atoms with Crippen molar-refractivity contribution in [3.05, 3.63) is 83.1 Å². The minimum absolute atomic E-state index is 0.169. The third-order valence-corrected chi connectivity index (χ3v) is 12.4. The zero-order chi connectivity index (χ0) is 30.5. The SMILES string of the molecule is C=CC1CC(/C=C/C2CC(C=C)C(COC(=O)Cc3cc(-c4ccc(C)s4)sc3-c3ccc(C)s3)C2)C(COC(C)=O)C1. The van der Waals surface area contributed by atoms with Crippen LogP contribution in [0.2, 0.25) is 0 Å². The Morgan fingerprint density at radius 1 is 0.791 bits per heavy atom. The second-order valence-electron chi connectivity index (χ2n) is 12.1. The van der Waals surface area contributed by atoms with Gasteiger partial charge in [-0.25, -0.2) is 0 Å². The third-order valence-electron chi connectivity index (χ3n) is 8.89. The molecular weight excluding hydrogens is 593 g/mol. The Kier molecular flexibility index (Phi) is 10.6. The van der Waals surface area contributed by atoms with E-state index in [-0.39, 0.29) is 24.3 Å². The van der Waals surface area contributed by atoms with Crippen LogP contribution in [0.5, 0.6) is 0 Å². The number of ether oxygens (including phenoxy) is 2. The van der Waals surface area contributed by atoms with Crippen molar-refractivity contribution in [2.45, 2.75) is 52.9 Å². The minimum Gasteiger partial charge on any atom is -0.466 e. The largest absolute Gasteiger partial charge is 0.466 e. The average Bonchev–Trinajstić information content (AvgIpc) is 3.80. The number of carbonyl (C=O) groups excluding carboxylic acids is 2. The van der Waals surface area contributed by atoms with Crippen LogP contribution in [0.4, 0.5) is 0 Å². The van der Waals surface area contributed by atoms with Crippen molar-refractivity contribution in [1.29, 1.82) is 0 Å². The van der Waals surface area contributed by atoms with Crippen molar-refractivity contribution in [1.82, 2.24) is 0 Å². The summed E-state index contributed by atoms with van der Waals surface area (Å²) >= 11 is 5.32. The van der Waals surface area contributed by atoms with Gasteiger partial charge in [0.2, 0.25) is 0 Å². The highest BCUT2D eigenvalue weighted by molar-refractivity contribution is 7.26. The van der Waals surface area contributed by atoms with E-state index in [4.69, 9.17) is 9.47 Å². The van der Waals surface area contributed by atoms with Gasteiger partial charge in [-0.3, -0.25) is 9.59 Å². The molecule has 0 bridgehead atoms. The number of esters is 2. The summed E-state index contributed by atoms with van der Waals surface area (Å²) in [7, 11) is 0. The zero-order valence-corrected chi connectivity index (χ0v) is 27.8. The summed E-state index contributed by atoms with van der Waals surface area (Å²) < 4.78 is 11.3. The number of thiophene rings is 3. The van der Waals surface area contributed by atoms with Crippen LogP contribution in [0, 0.1) is 49.4 Å². The second-order valence-corrected chi connectivity index (χ2v) is 15.7. The Labute approximate surface area is 268 Å². The molecule has 0 amide bonds. The molecule has 2 aliphatic carbocycles. The van der Waals surface area contributed by atoms with Crippen molar-refractivity contribution < 1.29 is 19.1 Å². The Hall–Kier alpha value is -2.74. The van der Waals surface area contributed by atoms with Crippen molar-refractivity contribution in [3.63, 3.8) is 0 Å². The molecule has 0 saturated heterocycles. The summed E-state index contributed by atoms with van der Waals surface area (Å²) in [5.74, 6) is 1.81. The molecule has 0 radical (unpaired) electrons. The molecule has 4 nitrogen and oxygen atoms in total. The Bertz CT molecular complexity index is 1470. The topological polar surface area (TPSA) is 52.6 Å². The third kappa shape index (κ3) is 8.05. The summed E-state index contributed by atoms with van der Waals surface area (Å²) in [6.07, 6.45) is 13.1. The van der Waals surface area contributed by atoms with Crippen LogP contribution in [0.25, 0.3) is 19.5 Å². The maximum atomic E-state index is 13.2. The predicted octanol–water partition coefficient (Wildman–Crippen LogP) is 9.68. The highest BCUT2D eigenvalue weighted by Crippen LogP contribution is 2.44. The number of rotatable bonds is 12. The number of aryl methyl sites for hydroxylation is 2. The summed E-state index contributed by atoms with van der Waals surface area (Å²) in [5, 5.41) is 0. The van der Waals surface area contributed by atoms with Gasteiger partial charge in [0.1, 0.15) is 0 Å². The lowest BCUT2D eigenvalue weighted by atomic mass is 9.94. The van der Waals surface area contributed by atoms with E-state index in [1.54, 1.807) is 34.0 Å². The molecule has 0 aromatic carbocycles. The van der Waals surface area contributed by atoms with Crippen LogP contribution in [-0.4, -0.2) is 25.2 Å². The zero-order valence-electron chi connectivity index (χ0n) is 25.4. The van der Waals surface area contributed by atoms with Gasteiger partial charge in [-0.2, -0.15) is 0 Å². The van der Waals surface area contributed by atoms with E-state index < -0.39 is 0 Å².